The summed E-state index contributed by atoms with van der Waals surface area (Å²) < 4.78 is 9.84. The van der Waals surface area contributed by atoms with E-state index in [9.17, 15) is 4.79 Å². The predicted molar refractivity (Wildman–Crippen MR) is 61.6 cm³/mol. The fourth-order valence-electron chi connectivity index (χ4n) is 1.29. The highest BCUT2D eigenvalue weighted by molar-refractivity contribution is 5.66. The van der Waals surface area contributed by atoms with E-state index in [4.69, 9.17) is 4.42 Å². The Kier molecular flexibility index (Phi) is 3.85. The molecule has 7 heteroatoms. The van der Waals surface area contributed by atoms with Gasteiger partial charge in [-0.05, 0) is 12.1 Å². The van der Waals surface area contributed by atoms with E-state index in [-0.39, 0.29) is 0 Å². The lowest BCUT2D eigenvalue weighted by atomic mass is 10.3. The van der Waals surface area contributed by atoms with Gasteiger partial charge in [0, 0.05) is 19.2 Å². The molecule has 0 aliphatic carbocycles. The molecule has 0 unspecified atom stereocenters. The molecule has 94 valence electrons. The van der Waals surface area contributed by atoms with Crippen molar-refractivity contribution in [2.24, 2.45) is 0 Å². The highest BCUT2D eigenvalue weighted by Gasteiger charge is 2.09. The van der Waals surface area contributed by atoms with E-state index in [0.29, 0.717) is 30.4 Å². The van der Waals surface area contributed by atoms with E-state index in [2.05, 4.69) is 25.2 Å². The van der Waals surface area contributed by atoms with Crippen LogP contribution in [0.1, 0.15) is 5.89 Å². The summed E-state index contributed by atoms with van der Waals surface area (Å²) in [6.45, 7) is 0.372. The van der Waals surface area contributed by atoms with Crippen molar-refractivity contribution in [1.82, 2.24) is 20.5 Å². The molecule has 2 heterocycles. The van der Waals surface area contributed by atoms with Crippen molar-refractivity contribution < 1.29 is 13.9 Å². The first-order chi connectivity index (χ1) is 8.79. The first-order valence-electron chi connectivity index (χ1n) is 5.35. The Morgan fingerprint density at radius 3 is 3.06 bits per heavy atom. The number of carbonyl (C=O) groups is 1. The van der Waals surface area contributed by atoms with E-state index in [1.54, 1.807) is 18.3 Å². The van der Waals surface area contributed by atoms with Gasteiger partial charge in [-0.3, -0.25) is 4.98 Å². The average molecular weight is 248 g/mol. The predicted octanol–water partition coefficient (Wildman–Crippen LogP) is 1.03. The number of aromatic nitrogens is 3. The molecule has 1 N–H and O–H groups in total. The molecular weight excluding hydrogens is 236 g/mol. The first kappa shape index (κ1) is 12.0. The van der Waals surface area contributed by atoms with Crippen LogP contribution in [0.5, 0.6) is 0 Å². The topological polar surface area (TPSA) is 90.1 Å². The van der Waals surface area contributed by atoms with Crippen LogP contribution in [-0.2, 0) is 11.2 Å². The monoisotopic (exact) mass is 248 g/mol. The van der Waals surface area contributed by atoms with Crippen LogP contribution >= 0.6 is 0 Å². The van der Waals surface area contributed by atoms with Gasteiger partial charge in [-0.2, -0.15) is 0 Å². The Morgan fingerprint density at radius 2 is 2.33 bits per heavy atom. The number of alkyl carbamates (subject to hydrolysis) is 1. The summed E-state index contributed by atoms with van der Waals surface area (Å²) in [6, 6.07) is 5.43. The average Bonchev–Trinajstić information content (AvgIpc) is 2.88. The summed E-state index contributed by atoms with van der Waals surface area (Å²) in [4.78, 5) is 14.9. The summed E-state index contributed by atoms with van der Waals surface area (Å²) in [6.07, 6.45) is 1.60. The van der Waals surface area contributed by atoms with Gasteiger partial charge in [-0.15, -0.1) is 10.2 Å². The van der Waals surface area contributed by atoms with E-state index in [1.165, 1.54) is 7.11 Å². The number of methoxy groups -OCH3 is 1. The standard InChI is InChI=1S/C11H12N4O3/c1-17-11(16)13-7-5-9-14-15-10(18-9)8-4-2-3-6-12-8/h2-4,6H,5,7H2,1H3,(H,13,16). The van der Waals surface area contributed by atoms with Crippen molar-refractivity contribution in [3.05, 3.63) is 30.3 Å². The molecule has 0 aliphatic rings. The van der Waals surface area contributed by atoms with Crippen LogP contribution in [0, 0.1) is 0 Å². The van der Waals surface area contributed by atoms with Crippen molar-refractivity contribution in [3.63, 3.8) is 0 Å². The van der Waals surface area contributed by atoms with Crippen molar-refractivity contribution in [3.8, 4) is 11.6 Å². The Hall–Kier alpha value is -2.44. The lowest BCUT2D eigenvalue weighted by Crippen LogP contribution is -2.25. The zero-order valence-corrected chi connectivity index (χ0v) is 9.79. The minimum absolute atomic E-state index is 0.365. The third-order valence-corrected chi connectivity index (χ3v) is 2.14. The minimum atomic E-state index is -0.487. The fraction of sp³-hybridized carbons (Fsp3) is 0.273. The van der Waals surface area contributed by atoms with Gasteiger partial charge in [-0.1, -0.05) is 6.07 Å². The Balaban J connectivity index is 1.93. The molecule has 0 saturated heterocycles. The first-order valence-corrected chi connectivity index (χ1v) is 5.35. The fourth-order valence-corrected chi connectivity index (χ4v) is 1.29. The molecular formula is C11H12N4O3. The summed E-state index contributed by atoms with van der Waals surface area (Å²) >= 11 is 0. The van der Waals surface area contributed by atoms with Gasteiger partial charge in [0.15, 0.2) is 0 Å². The van der Waals surface area contributed by atoms with E-state index < -0.39 is 6.09 Å². The molecule has 2 rings (SSSR count). The number of nitrogens with one attached hydrogen (secondary N) is 1. The number of amides is 1. The zero-order chi connectivity index (χ0) is 12.8. The SMILES string of the molecule is COC(=O)NCCc1nnc(-c2ccccn2)o1. The third-order valence-electron chi connectivity index (χ3n) is 2.14. The van der Waals surface area contributed by atoms with Crippen LogP contribution in [-0.4, -0.2) is 34.9 Å². The second kappa shape index (κ2) is 5.76. The van der Waals surface area contributed by atoms with Gasteiger partial charge < -0.3 is 14.5 Å². The van der Waals surface area contributed by atoms with Gasteiger partial charge in [0.2, 0.25) is 5.89 Å². The van der Waals surface area contributed by atoms with Crippen molar-refractivity contribution in [2.75, 3.05) is 13.7 Å². The van der Waals surface area contributed by atoms with E-state index >= 15 is 0 Å². The van der Waals surface area contributed by atoms with E-state index in [1.807, 2.05) is 6.07 Å². The lowest BCUT2D eigenvalue weighted by molar-refractivity contribution is 0.171. The maximum Gasteiger partial charge on any atom is 0.406 e. The summed E-state index contributed by atoms with van der Waals surface area (Å²) in [7, 11) is 1.31. The molecule has 18 heavy (non-hydrogen) atoms. The van der Waals surface area contributed by atoms with E-state index in [0.717, 1.165) is 0 Å². The highest BCUT2D eigenvalue weighted by atomic mass is 16.5. The van der Waals surface area contributed by atoms with Crippen LogP contribution in [0.25, 0.3) is 11.6 Å². The molecule has 2 aromatic heterocycles. The quantitative estimate of drug-likeness (QED) is 0.869. The van der Waals surface area contributed by atoms with Gasteiger partial charge in [0.25, 0.3) is 5.89 Å². The highest BCUT2D eigenvalue weighted by Crippen LogP contribution is 2.13. The number of ether oxygens (including phenoxy) is 1. The molecule has 2 aromatic rings. The van der Waals surface area contributed by atoms with Crippen LogP contribution in [0.15, 0.2) is 28.8 Å². The largest absolute Gasteiger partial charge is 0.453 e. The second-order valence-corrected chi connectivity index (χ2v) is 3.38. The lowest BCUT2D eigenvalue weighted by Gasteiger charge is -1.99. The molecule has 0 atom stereocenters. The second-order valence-electron chi connectivity index (χ2n) is 3.38. The van der Waals surface area contributed by atoms with Crippen LogP contribution in [0.2, 0.25) is 0 Å². The number of rotatable bonds is 4. The van der Waals surface area contributed by atoms with Crippen molar-refractivity contribution >= 4 is 6.09 Å². The maximum absolute atomic E-state index is 10.8. The molecule has 0 radical (unpaired) electrons. The molecule has 0 bridgehead atoms. The minimum Gasteiger partial charge on any atom is -0.453 e. The molecule has 1 amide bonds. The smallest absolute Gasteiger partial charge is 0.406 e. The molecule has 0 saturated carbocycles. The number of hydrogen-bond donors (Lipinski definition) is 1. The Bertz CT molecular complexity index is 512. The molecule has 0 spiro atoms. The van der Waals surface area contributed by atoms with Crippen LogP contribution in [0.4, 0.5) is 4.79 Å². The third kappa shape index (κ3) is 3.03. The molecule has 0 aromatic carbocycles. The van der Waals surface area contributed by atoms with Crippen molar-refractivity contribution in [1.29, 1.82) is 0 Å². The van der Waals surface area contributed by atoms with Gasteiger partial charge in [0.05, 0.1) is 7.11 Å². The number of pyridine rings is 1. The zero-order valence-electron chi connectivity index (χ0n) is 9.79. The molecule has 0 aliphatic heterocycles. The van der Waals surface area contributed by atoms with Crippen LogP contribution < -0.4 is 5.32 Å². The van der Waals surface area contributed by atoms with Gasteiger partial charge in [-0.25, -0.2) is 4.79 Å². The van der Waals surface area contributed by atoms with Gasteiger partial charge >= 0.3 is 6.09 Å². The number of carbonyl (C=O) groups excluding carboxylic acids is 1. The molecule has 0 fully saturated rings. The maximum atomic E-state index is 10.8. The molecule has 7 nitrogen and oxygen atoms in total. The van der Waals surface area contributed by atoms with Crippen LogP contribution in [0.3, 0.4) is 0 Å². The summed E-state index contributed by atoms with van der Waals surface area (Å²) in [5, 5.41) is 10.3. The van der Waals surface area contributed by atoms with Gasteiger partial charge in [0.1, 0.15) is 5.69 Å². The normalized spacial score (nSPS) is 10.1. The Labute approximate surface area is 103 Å². The Morgan fingerprint density at radius 1 is 1.44 bits per heavy atom. The summed E-state index contributed by atoms with van der Waals surface area (Å²) in [5.74, 6) is 0.802. The number of hydrogen-bond acceptors (Lipinski definition) is 6. The van der Waals surface area contributed by atoms with Crippen molar-refractivity contribution in [2.45, 2.75) is 6.42 Å². The number of nitrogens with zero attached hydrogens (tertiary/aromatic N) is 3. The summed E-state index contributed by atoms with van der Waals surface area (Å²) in [5.41, 5.74) is 0.622.